The molecule has 0 saturated heterocycles. The normalized spacial score (nSPS) is 10.3. The van der Waals surface area contributed by atoms with Crippen molar-refractivity contribution in [3.8, 4) is 0 Å². The first-order valence-corrected chi connectivity index (χ1v) is 6.31. The Morgan fingerprint density at radius 1 is 1.35 bits per heavy atom. The van der Waals surface area contributed by atoms with Gasteiger partial charge < -0.3 is 15.1 Å². The van der Waals surface area contributed by atoms with Gasteiger partial charge in [-0.3, -0.25) is 10.1 Å². The van der Waals surface area contributed by atoms with Crippen molar-refractivity contribution in [2.24, 2.45) is 0 Å². The maximum Gasteiger partial charge on any atom is 0.342 e. The molecule has 20 heavy (non-hydrogen) atoms. The molecule has 7 heteroatoms. The number of benzene rings is 1. The highest BCUT2D eigenvalue weighted by Crippen LogP contribution is 2.31. The SMILES string of the molecule is CN(CCCCCO)c1cccc(C(=O)O)c1[N+](=O)[O-]. The van der Waals surface area contributed by atoms with Gasteiger partial charge in [-0.1, -0.05) is 6.07 Å². The smallest absolute Gasteiger partial charge is 0.342 e. The first kappa shape index (κ1) is 15.9. The van der Waals surface area contributed by atoms with Crippen molar-refractivity contribution in [3.05, 3.63) is 33.9 Å². The van der Waals surface area contributed by atoms with Gasteiger partial charge >= 0.3 is 11.7 Å². The third-order valence-electron chi connectivity index (χ3n) is 2.99. The molecule has 0 bridgehead atoms. The Labute approximate surface area is 116 Å². The highest BCUT2D eigenvalue weighted by atomic mass is 16.6. The average molecular weight is 282 g/mol. The fourth-order valence-electron chi connectivity index (χ4n) is 1.96. The van der Waals surface area contributed by atoms with Gasteiger partial charge in [0.25, 0.3) is 0 Å². The Morgan fingerprint density at radius 3 is 2.60 bits per heavy atom. The van der Waals surface area contributed by atoms with Crippen LogP contribution in [0.1, 0.15) is 29.6 Å². The first-order chi connectivity index (χ1) is 9.49. The van der Waals surface area contributed by atoms with E-state index >= 15 is 0 Å². The highest BCUT2D eigenvalue weighted by Gasteiger charge is 2.25. The summed E-state index contributed by atoms with van der Waals surface area (Å²) in [5.41, 5.74) is -0.404. The lowest BCUT2D eigenvalue weighted by atomic mass is 10.1. The van der Waals surface area contributed by atoms with E-state index in [1.54, 1.807) is 11.9 Å². The summed E-state index contributed by atoms with van der Waals surface area (Å²) in [5, 5.41) is 28.8. The zero-order valence-corrected chi connectivity index (χ0v) is 11.3. The standard InChI is InChI=1S/C13H18N2O5/c1-14(8-3-2-4-9-16)11-7-5-6-10(13(17)18)12(11)15(19)20/h5-7,16H,2-4,8-9H2,1H3,(H,17,18). The first-order valence-electron chi connectivity index (χ1n) is 6.31. The van der Waals surface area contributed by atoms with Crippen LogP contribution in [0.3, 0.4) is 0 Å². The number of nitro groups is 1. The number of para-hydroxylation sites is 1. The Balaban J connectivity index is 2.96. The summed E-state index contributed by atoms with van der Waals surface area (Å²) in [5.74, 6) is -1.31. The van der Waals surface area contributed by atoms with Crippen LogP contribution in [0.4, 0.5) is 11.4 Å². The Bertz CT molecular complexity index is 490. The maximum absolute atomic E-state index is 11.1. The molecule has 0 saturated carbocycles. The van der Waals surface area contributed by atoms with E-state index in [9.17, 15) is 14.9 Å². The van der Waals surface area contributed by atoms with Crippen molar-refractivity contribution in [1.82, 2.24) is 0 Å². The minimum absolute atomic E-state index is 0.123. The van der Waals surface area contributed by atoms with E-state index < -0.39 is 10.9 Å². The number of nitrogens with zero attached hydrogens (tertiary/aromatic N) is 2. The van der Waals surface area contributed by atoms with Crippen molar-refractivity contribution in [3.63, 3.8) is 0 Å². The molecule has 0 aliphatic heterocycles. The van der Waals surface area contributed by atoms with Crippen molar-refractivity contribution in [2.45, 2.75) is 19.3 Å². The van der Waals surface area contributed by atoms with E-state index in [4.69, 9.17) is 10.2 Å². The second-order valence-electron chi connectivity index (χ2n) is 4.44. The van der Waals surface area contributed by atoms with Crippen molar-refractivity contribution in [1.29, 1.82) is 0 Å². The Kier molecular flexibility index (Phi) is 5.92. The molecule has 1 rings (SSSR count). The summed E-state index contributed by atoms with van der Waals surface area (Å²) in [6.07, 6.45) is 2.27. The summed E-state index contributed by atoms with van der Waals surface area (Å²) in [6.45, 7) is 0.683. The minimum Gasteiger partial charge on any atom is -0.477 e. The molecule has 1 aromatic rings. The molecule has 0 spiro atoms. The number of nitro benzene ring substituents is 1. The van der Waals surface area contributed by atoms with Crippen LogP contribution in [0.25, 0.3) is 0 Å². The Morgan fingerprint density at radius 2 is 2.05 bits per heavy atom. The van der Waals surface area contributed by atoms with Crippen LogP contribution in [0.2, 0.25) is 0 Å². The second kappa shape index (κ2) is 7.44. The average Bonchev–Trinajstić information content (AvgIpc) is 2.42. The highest BCUT2D eigenvalue weighted by molar-refractivity contribution is 5.95. The van der Waals surface area contributed by atoms with Crippen LogP contribution in [-0.4, -0.2) is 41.3 Å². The predicted octanol–water partition coefficient (Wildman–Crippen LogP) is 1.89. The fraction of sp³-hybridized carbons (Fsp3) is 0.462. The number of hydrogen-bond acceptors (Lipinski definition) is 5. The van der Waals surface area contributed by atoms with E-state index in [1.165, 1.54) is 18.2 Å². The van der Waals surface area contributed by atoms with Gasteiger partial charge in [0.15, 0.2) is 0 Å². The number of carboxylic acids is 1. The third kappa shape index (κ3) is 3.92. The fourth-order valence-corrected chi connectivity index (χ4v) is 1.96. The molecule has 0 aromatic heterocycles. The number of rotatable bonds is 8. The maximum atomic E-state index is 11.1. The van der Waals surface area contributed by atoms with Crippen LogP contribution >= 0.6 is 0 Å². The van der Waals surface area contributed by atoms with E-state index in [0.717, 1.165) is 12.8 Å². The number of anilines is 1. The van der Waals surface area contributed by atoms with Gasteiger partial charge in [-0.2, -0.15) is 0 Å². The van der Waals surface area contributed by atoms with Crippen LogP contribution < -0.4 is 4.90 Å². The van der Waals surface area contributed by atoms with Crippen LogP contribution in [0, 0.1) is 10.1 Å². The largest absolute Gasteiger partial charge is 0.477 e. The van der Waals surface area contributed by atoms with E-state index in [2.05, 4.69) is 0 Å². The number of aliphatic hydroxyl groups is 1. The zero-order chi connectivity index (χ0) is 15.1. The lowest BCUT2D eigenvalue weighted by Crippen LogP contribution is -2.20. The van der Waals surface area contributed by atoms with Gasteiger partial charge in [0.1, 0.15) is 11.3 Å². The van der Waals surface area contributed by atoms with Gasteiger partial charge in [0.2, 0.25) is 0 Å². The summed E-state index contributed by atoms with van der Waals surface area (Å²) in [7, 11) is 1.69. The third-order valence-corrected chi connectivity index (χ3v) is 2.99. The van der Waals surface area contributed by atoms with Gasteiger partial charge in [-0.05, 0) is 31.4 Å². The molecule has 0 aliphatic carbocycles. The molecule has 0 amide bonds. The molecule has 0 fully saturated rings. The number of carbonyl (C=O) groups is 1. The van der Waals surface area contributed by atoms with Crippen molar-refractivity contribution >= 4 is 17.3 Å². The lowest BCUT2D eigenvalue weighted by Gasteiger charge is -2.19. The van der Waals surface area contributed by atoms with E-state index in [1.807, 2.05) is 0 Å². The van der Waals surface area contributed by atoms with Gasteiger partial charge in [0, 0.05) is 20.2 Å². The monoisotopic (exact) mass is 282 g/mol. The van der Waals surface area contributed by atoms with Gasteiger partial charge in [0.05, 0.1) is 4.92 Å². The number of unbranched alkanes of at least 4 members (excludes halogenated alkanes) is 2. The zero-order valence-electron chi connectivity index (χ0n) is 11.3. The molecule has 7 nitrogen and oxygen atoms in total. The molecule has 0 radical (unpaired) electrons. The molecule has 0 atom stereocenters. The quantitative estimate of drug-likeness (QED) is 0.428. The predicted molar refractivity (Wildman–Crippen MR) is 74.3 cm³/mol. The van der Waals surface area contributed by atoms with Crippen LogP contribution in [0.15, 0.2) is 18.2 Å². The number of carboxylic acid groups (broad SMARTS) is 1. The number of hydrogen-bond donors (Lipinski definition) is 2. The molecule has 0 heterocycles. The molecule has 1 aromatic carbocycles. The summed E-state index contributed by atoms with van der Waals surface area (Å²) >= 11 is 0. The minimum atomic E-state index is -1.31. The van der Waals surface area contributed by atoms with E-state index in [-0.39, 0.29) is 17.9 Å². The summed E-state index contributed by atoms with van der Waals surface area (Å²) < 4.78 is 0. The topological polar surface area (TPSA) is 104 Å². The molecular weight excluding hydrogens is 264 g/mol. The second-order valence-corrected chi connectivity index (χ2v) is 4.44. The molecule has 0 aliphatic rings. The van der Waals surface area contributed by atoms with Crippen molar-refractivity contribution < 1.29 is 19.9 Å². The van der Waals surface area contributed by atoms with Gasteiger partial charge in [-0.15, -0.1) is 0 Å². The Hall–Kier alpha value is -2.15. The van der Waals surface area contributed by atoms with Crippen molar-refractivity contribution in [2.75, 3.05) is 25.1 Å². The lowest BCUT2D eigenvalue weighted by molar-refractivity contribution is -0.384. The summed E-state index contributed by atoms with van der Waals surface area (Å²) in [4.78, 5) is 23.2. The number of aliphatic hydroxyl groups excluding tert-OH is 1. The molecule has 2 N–H and O–H groups in total. The summed E-state index contributed by atoms with van der Waals surface area (Å²) in [6, 6.07) is 4.26. The van der Waals surface area contributed by atoms with Gasteiger partial charge in [-0.25, -0.2) is 4.79 Å². The van der Waals surface area contributed by atoms with Crippen LogP contribution in [-0.2, 0) is 0 Å². The molecular formula is C13H18N2O5. The molecule has 110 valence electrons. The van der Waals surface area contributed by atoms with Crippen LogP contribution in [0.5, 0.6) is 0 Å². The van der Waals surface area contributed by atoms with E-state index in [0.29, 0.717) is 18.7 Å². The molecule has 0 unspecified atom stereocenters. The number of aromatic carboxylic acids is 1.